The van der Waals surface area contributed by atoms with Crippen molar-refractivity contribution in [2.45, 2.75) is 25.3 Å². The summed E-state index contributed by atoms with van der Waals surface area (Å²) < 4.78 is 0. The minimum Gasteiger partial charge on any atom is -0.365 e. The maximum Gasteiger partial charge on any atom is 0.0290 e. The van der Waals surface area contributed by atoms with E-state index >= 15 is 0 Å². The van der Waals surface area contributed by atoms with Crippen LogP contribution in [-0.4, -0.2) is 30.7 Å². The molecular weight excluding hydrogens is 188 g/mol. The summed E-state index contributed by atoms with van der Waals surface area (Å²) in [6, 6.07) is 4.16. The normalized spacial score (nSPS) is 14.1. The molecule has 0 spiro atoms. The molecule has 86 valence electrons. The molecular formula is C11H22N4. The summed E-state index contributed by atoms with van der Waals surface area (Å²) in [7, 11) is 0. The van der Waals surface area contributed by atoms with Gasteiger partial charge < -0.3 is 21.8 Å². The van der Waals surface area contributed by atoms with Crippen LogP contribution in [0.25, 0.3) is 0 Å². The van der Waals surface area contributed by atoms with Crippen molar-refractivity contribution in [3.8, 4) is 0 Å². The summed E-state index contributed by atoms with van der Waals surface area (Å²) in [5, 5.41) is 3.34. The Morgan fingerprint density at radius 3 is 2.80 bits per heavy atom. The van der Waals surface area contributed by atoms with Gasteiger partial charge in [0.25, 0.3) is 0 Å². The smallest absolute Gasteiger partial charge is 0.0290 e. The van der Waals surface area contributed by atoms with E-state index in [-0.39, 0.29) is 11.5 Å². The molecule has 1 aromatic heterocycles. The fourth-order valence-electron chi connectivity index (χ4n) is 1.50. The molecule has 0 aromatic carbocycles. The minimum absolute atomic E-state index is 0.0458. The Kier molecular flexibility index (Phi) is 4.32. The summed E-state index contributed by atoms with van der Waals surface area (Å²) in [4.78, 5) is 3.23. The number of nitrogens with two attached hydrogens (primary N) is 2. The number of hydrogen-bond donors (Lipinski definition) is 4. The maximum atomic E-state index is 5.73. The lowest BCUT2D eigenvalue weighted by molar-refractivity contribution is 0.446. The van der Waals surface area contributed by atoms with E-state index < -0.39 is 0 Å². The van der Waals surface area contributed by atoms with Crippen LogP contribution in [0.3, 0.4) is 0 Å². The van der Waals surface area contributed by atoms with Gasteiger partial charge in [0, 0.05) is 43.0 Å². The number of rotatable bonds is 6. The largest absolute Gasteiger partial charge is 0.365 e. The lowest BCUT2D eigenvalue weighted by atomic mass is 9.89. The van der Waals surface area contributed by atoms with E-state index in [4.69, 9.17) is 11.5 Å². The van der Waals surface area contributed by atoms with Gasteiger partial charge in [-0.1, -0.05) is 13.8 Å². The van der Waals surface area contributed by atoms with E-state index in [0.717, 1.165) is 13.1 Å². The molecule has 0 aliphatic carbocycles. The second kappa shape index (κ2) is 5.30. The lowest BCUT2D eigenvalue weighted by Crippen LogP contribution is -2.43. The number of aromatic nitrogens is 1. The SMILES string of the molecule is CC(C)(CNCC(N)CN)c1ccc[nH]1. The van der Waals surface area contributed by atoms with Crippen LogP contribution in [-0.2, 0) is 5.41 Å². The lowest BCUT2D eigenvalue weighted by Gasteiger charge is -2.24. The Morgan fingerprint density at radius 2 is 2.27 bits per heavy atom. The second-order valence-corrected chi connectivity index (χ2v) is 4.59. The quantitative estimate of drug-likeness (QED) is 0.540. The summed E-state index contributed by atoms with van der Waals surface area (Å²) in [5.74, 6) is 0. The van der Waals surface area contributed by atoms with Gasteiger partial charge in [-0.2, -0.15) is 0 Å². The molecule has 0 amide bonds. The van der Waals surface area contributed by atoms with Crippen LogP contribution >= 0.6 is 0 Å². The highest BCUT2D eigenvalue weighted by molar-refractivity contribution is 5.15. The zero-order chi connectivity index (χ0) is 11.3. The number of aromatic amines is 1. The van der Waals surface area contributed by atoms with Gasteiger partial charge in [0.05, 0.1) is 0 Å². The first-order valence-electron chi connectivity index (χ1n) is 5.36. The topological polar surface area (TPSA) is 79.9 Å². The van der Waals surface area contributed by atoms with Gasteiger partial charge in [0.1, 0.15) is 0 Å². The van der Waals surface area contributed by atoms with Crippen molar-refractivity contribution in [1.82, 2.24) is 10.3 Å². The predicted octanol–water partition coefficient (Wildman–Crippen LogP) is 0.168. The van der Waals surface area contributed by atoms with Crippen LogP contribution in [0.15, 0.2) is 18.3 Å². The van der Waals surface area contributed by atoms with E-state index in [9.17, 15) is 0 Å². The molecule has 4 heteroatoms. The summed E-state index contributed by atoms with van der Waals surface area (Å²) in [5.41, 5.74) is 12.5. The standard InChI is InChI=1S/C11H22N4/c1-11(2,10-4-3-5-15-10)8-14-7-9(13)6-12/h3-5,9,14-15H,6-8,12-13H2,1-2H3. The highest BCUT2D eigenvalue weighted by Crippen LogP contribution is 2.19. The maximum absolute atomic E-state index is 5.73. The van der Waals surface area contributed by atoms with Crippen LogP contribution < -0.4 is 16.8 Å². The van der Waals surface area contributed by atoms with Crippen molar-refractivity contribution in [2.75, 3.05) is 19.6 Å². The third kappa shape index (κ3) is 3.66. The Balaban J connectivity index is 2.37. The number of H-pyrrole nitrogens is 1. The fourth-order valence-corrected chi connectivity index (χ4v) is 1.50. The third-order valence-electron chi connectivity index (χ3n) is 2.60. The van der Waals surface area contributed by atoms with Crippen molar-refractivity contribution in [3.05, 3.63) is 24.0 Å². The molecule has 0 aliphatic heterocycles. The molecule has 0 aliphatic rings. The summed E-state index contributed by atoms with van der Waals surface area (Å²) >= 11 is 0. The average molecular weight is 210 g/mol. The van der Waals surface area contributed by atoms with E-state index in [2.05, 4.69) is 30.2 Å². The molecule has 4 nitrogen and oxygen atoms in total. The monoisotopic (exact) mass is 210 g/mol. The van der Waals surface area contributed by atoms with E-state index in [1.165, 1.54) is 5.69 Å². The Morgan fingerprint density at radius 1 is 1.53 bits per heavy atom. The van der Waals surface area contributed by atoms with Gasteiger partial charge >= 0.3 is 0 Å². The molecule has 1 atom stereocenters. The zero-order valence-corrected chi connectivity index (χ0v) is 9.59. The van der Waals surface area contributed by atoms with E-state index in [0.29, 0.717) is 6.54 Å². The van der Waals surface area contributed by atoms with Crippen molar-refractivity contribution < 1.29 is 0 Å². The molecule has 1 unspecified atom stereocenters. The highest BCUT2D eigenvalue weighted by atomic mass is 14.9. The van der Waals surface area contributed by atoms with Gasteiger partial charge in [-0.05, 0) is 12.1 Å². The fraction of sp³-hybridized carbons (Fsp3) is 0.636. The summed E-state index contributed by atoms with van der Waals surface area (Å²) in [6.45, 7) is 6.57. The van der Waals surface area contributed by atoms with Gasteiger partial charge in [0.15, 0.2) is 0 Å². The number of hydrogen-bond acceptors (Lipinski definition) is 3. The molecule has 6 N–H and O–H groups in total. The molecule has 1 aromatic rings. The molecule has 1 heterocycles. The van der Waals surface area contributed by atoms with Gasteiger partial charge in [-0.15, -0.1) is 0 Å². The minimum atomic E-state index is 0.0458. The van der Waals surface area contributed by atoms with Crippen LogP contribution in [0, 0.1) is 0 Å². The zero-order valence-electron chi connectivity index (χ0n) is 9.59. The number of nitrogens with one attached hydrogen (secondary N) is 2. The van der Waals surface area contributed by atoms with Gasteiger partial charge in [-0.25, -0.2) is 0 Å². The van der Waals surface area contributed by atoms with Gasteiger partial charge in [-0.3, -0.25) is 0 Å². The molecule has 0 radical (unpaired) electrons. The van der Waals surface area contributed by atoms with Crippen molar-refractivity contribution >= 4 is 0 Å². The predicted molar refractivity (Wildman–Crippen MR) is 63.7 cm³/mol. The van der Waals surface area contributed by atoms with Crippen molar-refractivity contribution in [3.63, 3.8) is 0 Å². The van der Waals surface area contributed by atoms with Crippen molar-refractivity contribution in [1.29, 1.82) is 0 Å². The summed E-state index contributed by atoms with van der Waals surface area (Å²) in [6.07, 6.45) is 1.95. The Hall–Kier alpha value is -0.840. The molecule has 0 saturated carbocycles. The van der Waals surface area contributed by atoms with Crippen LogP contribution in [0.5, 0.6) is 0 Å². The molecule has 15 heavy (non-hydrogen) atoms. The van der Waals surface area contributed by atoms with E-state index in [1.54, 1.807) is 0 Å². The van der Waals surface area contributed by atoms with Crippen LogP contribution in [0.2, 0.25) is 0 Å². The first kappa shape index (κ1) is 12.2. The van der Waals surface area contributed by atoms with Crippen LogP contribution in [0.4, 0.5) is 0 Å². The molecule has 0 fully saturated rings. The Labute approximate surface area is 91.4 Å². The first-order chi connectivity index (χ1) is 7.06. The second-order valence-electron chi connectivity index (χ2n) is 4.59. The molecule has 0 saturated heterocycles. The Bertz CT molecular complexity index is 266. The first-order valence-corrected chi connectivity index (χ1v) is 5.36. The van der Waals surface area contributed by atoms with E-state index in [1.807, 2.05) is 12.3 Å². The highest BCUT2D eigenvalue weighted by Gasteiger charge is 2.20. The van der Waals surface area contributed by atoms with Crippen LogP contribution in [0.1, 0.15) is 19.5 Å². The van der Waals surface area contributed by atoms with Gasteiger partial charge in [0.2, 0.25) is 0 Å². The average Bonchev–Trinajstić information content (AvgIpc) is 2.70. The third-order valence-corrected chi connectivity index (χ3v) is 2.60. The molecule has 1 rings (SSSR count). The van der Waals surface area contributed by atoms with Crippen molar-refractivity contribution in [2.24, 2.45) is 11.5 Å². The molecule has 0 bridgehead atoms.